The number of fused-ring (bicyclic) bond motifs is 1. The van der Waals surface area contributed by atoms with Gasteiger partial charge >= 0.3 is 0 Å². The summed E-state index contributed by atoms with van der Waals surface area (Å²) >= 11 is 1.75. The molecule has 3 aromatic heterocycles. The van der Waals surface area contributed by atoms with Gasteiger partial charge in [0.2, 0.25) is 0 Å². The Kier molecular flexibility index (Phi) is 2.37. The molecule has 0 bridgehead atoms. The molecule has 0 aromatic carbocycles. The minimum atomic E-state index is 0.800. The van der Waals surface area contributed by atoms with Crippen LogP contribution in [0.5, 0.6) is 5.88 Å². The predicted molar refractivity (Wildman–Crippen MR) is 69.8 cm³/mol. The summed E-state index contributed by atoms with van der Waals surface area (Å²) in [7, 11) is 1.67. The molecule has 17 heavy (non-hydrogen) atoms. The summed E-state index contributed by atoms with van der Waals surface area (Å²) in [6.45, 7) is 2.10. The van der Waals surface area contributed by atoms with Crippen LogP contribution in [0.15, 0.2) is 36.5 Å². The van der Waals surface area contributed by atoms with Crippen LogP contribution in [0.25, 0.3) is 16.2 Å². The Bertz CT molecular complexity index is 669. The maximum absolute atomic E-state index is 5.31. The molecule has 0 aliphatic rings. The molecular formula is C13H12N2OS. The second-order valence-corrected chi connectivity index (χ2v) is 5.12. The average molecular weight is 244 g/mol. The number of rotatable bonds is 2. The average Bonchev–Trinajstić information content (AvgIpc) is 2.93. The third kappa shape index (κ3) is 1.70. The lowest BCUT2D eigenvalue weighted by Gasteiger charge is -2.01. The van der Waals surface area contributed by atoms with Crippen molar-refractivity contribution in [2.45, 2.75) is 6.92 Å². The Morgan fingerprint density at radius 3 is 2.82 bits per heavy atom. The Balaban J connectivity index is 2.19. The summed E-state index contributed by atoms with van der Waals surface area (Å²) in [4.78, 5) is 7.08. The molecular weight excluding hydrogens is 232 g/mol. The summed E-state index contributed by atoms with van der Waals surface area (Å²) in [6, 6.07) is 10.1. The Hall–Kier alpha value is -1.81. The number of nitrogens with zero attached hydrogens (tertiary/aromatic N) is 2. The van der Waals surface area contributed by atoms with Gasteiger partial charge in [0.1, 0.15) is 5.65 Å². The van der Waals surface area contributed by atoms with Crippen LogP contribution in [0.4, 0.5) is 0 Å². The molecule has 0 fully saturated rings. The van der Waals surface area contributed by atoms with Gasteiger partial charge in [0.15, 0.2) is 5.88 Å². The number of aromatic nitrogens is 2. The van der Waals surface area contributed by atoms with Crippen LogP contribution < -0.4 is 4.74 Å². The Labute approximate surface area is 103 Å². The molecule has 0 aliphatic carbocycles. The maximum Gasteiger partial charge on any atom is 0.198 e. The van der Waals surface area contributed by atoms with Gasteiger partial charge in [-0.3, -0.25) is 4.40 Å². The van der Waals surface area contributed by atoms with E-state index in [-0.39, 0.29) is 0 Å². The van der Waals surface area contributed by atoms with Gasteiger partial charge < -0.3 is 4.74 Å². The zero-order chi connectivity index (χ0) is 11.8. The lowest BCUT2D eigenvalue weighted by atomic mass is 10.4. The first-order valence-electron chi connectivity index (χ1n) is 5.37. The SMILES string of the molecule is COc1cccc2nc(-c3ccc(C)s3)cn12. The quantitative estimate of drug-likeness (QED) is 0.691. The molecule has 0 spiro atoms. The van der Waals surface area contributed by atoms with Crippen molar-refractivity contribution in [3.05, 3.63) is 41.4 Å². The van der Waals surface area contributed by atoms with Gasteiger partial charge in [-0.15, -0.1) is 11.3 Å². The summed E-state index contributed by atoms with van der Waals surface area (Å²) in [5, 5.41) is 0. The monoisotopic (exact) mass is 244 g/mol. The highest BCUT2D eigenvalue weighted by atomic mass is 32.1. The van der Waals surface area contributed by atoms with E-state index in [2.05, 4.69) is 24.0 Å². The van der Waals surface area contributed by atoms with Crippen LogP contribution in [0.2, 0.25) is 0 Å². The van der Waals surface area contributed by atoms with Crippen molar-refractivity contribution in [3.63, 3.8) is 0 Å². The summed E-state index contributed by atoms with van der Waals surface area (Å²) in [5.74, 6) is 0.800. The number of ether oxygens (including phenoxy) is 1. The number of methoxy groups -OCH3 is 1. The van der Waals surface area contributed by atoms with Crippen LogP contribution in [0.3, 0.4) is 0 Å². The number of imidazole rings is 1. The highest BCUT2D eigenvalue weighted by Gasteiger charge is 2.08. The van der Waals surface area contributed by atoms with Crippen LogP contribution in [-0.2, 0) is 0 Å². The van der Waals surface area contributed by atoms with E-state index in [9.17, 15) is 0 Å². The zero-order valence-corrected chi connectivity index (χ0v) is 10.5. The van der Waals surface area contributed by atoms with E-state index in [0.29, 0.717) is 0 Å². The van der Waals surface area contributed by atoms with Crippen molar-refractivity contribution in [1.29, 1.82) is 0 Å². The normalized spacial score (nSPS) is 10.9. The van der Waals surface area contributed by atoms with Crippen LogP contribution in [-0.4, -0.2) is 16.5 Å². The van der Waals surface area contributed by atoms with Crippen molar-refractivity contribution < 1.29 is 4.74 Å². The number of pyridine rings is 1. The van der Waals surface area contributed by atoms with Crippen molar-refractivity contribution in [2.24, 2.45) is 0 Å². The van der Waals surface area contributed by atoms with Crippen molar-refractivity contribution in [1.82, 2.24) is 9.38 Å². The van der Waals surface area contributed by atoms with E-state index in [1.54, 1.807) is 18.4 Å². The fourth-order valence-electron chi connectivity index (χ4n) is 1.84. The molecule has 0 saturated carbocycles. The van der Waals surface area contributed by atoms with Gasteiger partial charge in [-0.2, -0.15) is 0 Å². The first kappa shape index (κ1) is 10.4. The number of hydrogen-bond donors (Lipinski definition) is 0. The summed E-state index contributed by atoms with van der Waals surface area (Å²) in [5.41, 5.74) is 1.90. The molecule has 0 radical (unpaired) electrons. The second-order valence-electron chi connectivity index (χ2n) is 3.83. The van der Waals surface area contributed by atoms with Crippen molar-refractivity contribution in [3.8, 4) is 16.5 Å². The van der Waals surface area contributed by atoms with E-state index in [0.717, 1.165) is 17.2 Å². The van der Waals surface area contributed by atoms with Gasteiger partial charge in [0.25, 0.3) is 0 Å². The first-order valence-corrected chi connectivity index (χ1v) is 6.18. The molecule has 3 heterocycles. The summed E-state index contributed by atoms with van der Waals surface area (Å²) < 4.78 is 7.27. The number of aryl methyl sites for hydroxylation is 1. The molecule has 3 rings (SSSR count). The summed E-state index contributed by atoms with van der Waals surface area (Å²) in [6.07, 6.45) is 2.01. The molecule has 0 atom stereocenters. The van der Waals surface area contributed by atoms with Gasteiger partial charge in [-0.1, -0.05) is 6.07 Å². The predicted octanol–water partition coefficient (Wildman–Crippen LogP) is 3.38. The fraction of sp³-hybridized carbons (Fsp3) is 0.154. The highest BCUT2D eigenvalue weighted by molar-refractivity contribution is 7.15. The van der Waals surface area contributed by atoms with Crippen molar-refractivity contribution >= 4 is 17.0 Å². The van der Waals surface area contributed by atoms with Gasteiger partial charge in [0.05, 0.1) is 17.7 Å². The Morgan fingerprint density at radius 1 is 1.24 bits per heavy atom. The standard InChI is InChI=1S/C13H12N2OS/c1-9-6-7-11(17-9)10-8-15-12(14-10)4-3-5-13(15)16-2/h3-8H,1-2H3. The maximum atomic E-state index is 5.31. The van der Waals surface area contributed by atoms with Gasteiger partial charge in [-0.25, -0.2) is 4.98 Å². The lowest BCUT2D eigenvalue weighted by Crippen LogP contribution is -1.91. The molecule has 3 nitrogen and oxygen atoms in total. The van der Waals surface area contributed by atoms with E-state index in [1.807, 2.05) is 28.8 Å². The minimum Gasteiger partial charge on any atom is -0.482 e. The minimum absolute atomic E-state index is 0.800. The van der Waals surface area contributed by atoms with Gasteiger partial charge in [-0.05, 0) is 31.2 Å². The van der Waals surface area contributed by atoms with E-state index >= 15 is 0 Å². The molecule has 0 unspecified atom stereocenters. The van der Waals surface area contributed by atoms with E-state index < -0.39 is 0 Å². The fourth-order valence-corrected chi connectivity index (χ4v) is 2.66. The van der Waals surface area contributed by atoms with E-state index in [1.165, 1.54) is 9.75 Å². The number of thiophene rings is 1. The zero-order valence-electron chi connectivity index (χ0n) is 9.68. The molecule has 0 aliphatic heterocycles. The third-order valence-corrected chi connectivity index (χ3v) is 3.68. The van der Waals surface area contributed by atoms with Crippen LogP contribution in [0, 0.1) is 6.92 Å². The molecule has 0 amide bonds. The largest absolute Gasteiger partial charge is 0.482 e. The molecule has 4 heteroatoms. The van der Waals surface area contributed by atoms with Crippen molar-refractivity contribution in [2.75, 3.05) is 7.11 Å². The molecule has 86 valence electrons. The van der Waals surface area contributed by atoms with Crippen LogP contribution in [0.1, 0.15) is 4.88 Å². The Morgan fingerprint density at radius 2 is 2.12 bits per heavy atom. The molecule has 3 aromatic rings. The number of hydrogen-bond acceptors (Lipinski definition) is 3. The third-order valence-electron chi connectivity index (χ3n) is 2.66. The van der Waals surface area contributed by atoms with Crippen LogP contribution >= 0.6 is 11.3 Å². The first-order chi connectivity index (χ1) is 8.28. The van der Waals surface area contributed by atoms with E-state index in [4.69, 9.17) is 4.74 Å². The second kappa shape index (κ2) is 3.89. The lowest BCUT2D eigenvalue weighted by molar-refractivity contribution is 0.392. The van der Waals surface area contributed by atoms with Gasteiger partial charge in [0, 0.05) is 11.1 Å². The highest BCUT2D eigenvalue weighted by Crippen LogP contribution is 2.28. The molecule has 0 saturated heterocycles. The topological polar surface area (TPSA) is 26.5 Å². The molecule has 0 N–H and O–H groups in total. The smallest absolute Gasteiger partial charge is 0.198 e.